The van der Waals surface area contributed by atoms with Crippen molar-refractivity contribution in [2.24, 2.45) is 0 Å². The predicted molar refractivity (Wildman–Crippen MR) is 127 cm³/mol. The van der Waals surface area contributed by atoms with Gasteiger partial charge in [0.05, 0.1) is 22.9 Å². The Morgan fingerprint density at radius 1 is 1.03 bits per heavy atom. The normalized spacial score (nSPS) is 14.4. The molecule has 0 heterocycles. The Hall–Kier alpha value is -3.25. The molecule has 34 heavy (non-hydrogen) atoms. The van der Waals surface area contributed by atoms with Crippen LogP contribution in [0.15, 0.2) is 77.7 Å². The standard InChI is InChI=1S/C25H21ClFN3O3S/c26-20-5-11-23(12-6-20)34(32,33)30(15-18-1-7-21(27)8-2-18)16-24(31)29-22-9-3-19(4-10-22)25(17-28)13-14-25/h1-12H,13-16H2,(H,29,31). The molecular weight excluding hydrogens is 477 g/mol. The third-order valence-corrected chi connectivity index (χ3v) is 7.79. The molecule has 0 atom stereocenters. The molecule has 3 aromatic carbocycles. The van der Waals surface area contributed by atoms with E-state index in [4.69, 9.17) is 11.6 Å². The number of benzene rings is 3. The van der Waals surface area contributed by atoms with Crippen LogP contribution in [0, 0.1) is 17.1 Å². The van der Waals surface area contributed by atoms with Crippen LogP contribution in [0.3, 0.4) is 0 Å². The van der Waals surface area contributed by atoms with Crippen molar-refractivity contribution in [2.45, 2.75) is 29.7 Å². The number of halogens is 2. The Morgan fingerprint density at radius 2 is 1.65 bits per heavy atom. The van der Waals surface area contributed by atoms with Crippen molar-refractivity contribution >= 4 is 33.2 Å². The number of rotatable bonds is 8. The maximum Gasteiger partial charge on any atom is 0.243 e. The molecule has 6 nitrogen and oxygen atoms in total. The van der Waals surface area contributed by atoms with Crippen molar-refractivity contribution < 1.29 is 17.6 Å². The molecule has 1 amide bonds. The van der Waals surface area contributed by atoms with E-state index in [9.17, 15) is 22.9 Å². The molecule has 1 aliphatic carbocycles. The molecule has 174 valence electrons. The van der Waals surface area contributed by atoms with E-state index in [0.29, 0.717) is 16.3 Å². The molecule has 1 aliphatic rings. The van der Waals surface area contributed by atoms with Gasteiger partial charge < -0.3 is 5.32 Å². The highest BCUT2D eigenvalue weighted by Gasteiger charge is 2.44. The van der Waals surface area contributed by atoms with Gasteiger partial charge in [-0.15, -0.1) is 0 Å². The highest BCUT2D eigenvalue weighted by atomic mass is 35.5. The number of carbonyl (C=O) groups excluding carboxylic acids is 1. The van der Waals surface area contributed by atoms with Crippen LogP contribution in [-0.2, 0) is 26.8 Å². The largest absolute Gasteiger partial charge is 0.325 e. The second kappa shape index (κ2) is 9.55. The minimum Gasteiger partial charge on any atom is -0.325 e. The van der Waals surface area contributed by atoms with Crippen LogP contribution < -0.4 is 5.32 Å². The van der Waals surface area contributed by atoms with Gasteiger partial charge in [-0.1, -0.05) is 35.9 Å². The van der Waals surface area contributed by atoms with Gasteiger partial charge in [-0.3, -0.25) is 4.79 Å². The predicted octanol–water partition coefficient (Wildman–Crippen LogP) is 4.86. The highest BCUT2D eigenvalue weighted by Crippen LogP contribution is 2.47. The van der Waals surface area contributed by atoms with Crippen LogP contribution in [0.5, 0.6) is 0 Å². The summed E-state index contributed by atoms with van der Waals surface area (Å²) in [7, 11) is -4.05. The van der Waals surface area contributed by atoms with E-state index in [2.05, 4.69) is 11.4 Å². The summed E-state index contributed by atoms with van der Waals surface area (Å²) < 4.78 is 40.9. The van der Waals surface area contributed by atoms with Gasteiger partial charge in [-0.05, 0) is 72.5 Å². The van der Waals surface area contributed by atoms with Crippen LogP contribution in [0.1, 0.15) is 24.0 Å². The van der Waals surface area contributed by atoms with Gasteiger partial charge in [0.25, 0.3) is 0 Å². The summed E-state index contributed by atoms with van der Waals surface area (Å²) in [5, 5.41) is 12.4. The van der Waals surface area contributed by atoms with Crippen molar-refractivity contribution in [3.8, 4) is 6.07 Å². The van der Waals surface area contributed by atoms with Gasteiger partial charge in [-0.25, -0.2) is 12.8 Å². The molecule has 1 N–H and O–H groups in total. The van der Waals surface area contributed by atoms with E-state index in [1.54, 1.807) is 24.3 Å². The summed E-state index contributed by atoms with van der Waals surface area (Å²) >= 11 is 5.89. The zero-order chi connectivity index (χ0) is 24.3. The number of nitrogens with zero attached hydrogens (tertiary/aromatic N) is 2. The Morgan fingerprint density at radius 3 is 2.21 bits per heavy atom. The van der Waals surface area contributed by atoms with Gasteiger partial charge in [-0.2, -0.15) is 9.57 Å². The van der Waals surface area contributed by atoms with Crippen LogP contribution in [0.25, 0.3) is 0 Å². The summed E-state index contributed by atoms with van der Waals surface area (Å²) in [6.45, 7) is -0.575. The van der Waals surface area contributed by atoms with Gasteiger partial charge in [0.2, 0.25) is 15.9 Å². The first kappa shape index (κ1) is 23.9. The number of anilines is 1. The second-order valence-electron chi connectivity index (χ2n) is 8.17. The second-order valence-corrected chi connectivity index (χ2v) is 10.5. The molecule has 4 rings (SSSR count). The summed E-state index contributed by atoms with van der Waals surface area (Å²) in [5.41, 5.74) is 1.49. The third kappa shape index (κ3) is 5.28. The lowest BCUT2D eigenvalue weighted by Crippen LogP contribution is -2.37. The maximum absolute atomic E-state index is 13.3. The minimum absolute atomic E-state index is 0.0117. The molecule has 3 aromatic rings. The summed E-state index contributed by atoms with van der Waals surface area (Å²) in [5.74, 6) is -0.977. The fourth-order valence-electron chi connectivity index (χ4n) is 3.60. The first-order chi connectivity index (χ1) is 16.2. The fraction of sp³-hybridized carbons (Fsp3) is 0.200. The van der Waals surface area contributed by atoms with Crippen molar-refractivity contribution in [1.29, 1.82) is 5.26 Å². The van der Waals surface area contributed by atoms with Crippen molar-refractivity contribution in [1.82, 2.24) is 4.31 Å². The van der Waals surface area contributed by atoms with Crippen molar-refractivity contribution in [3.05, 3.63) is 94.8 Å². The zero-order valence-corrected chi connectivity index (χ0v) is 19.6. The molecule has 0 spiro atoms. The Labute approximate surface area is 202 Å². The van der Waals surface area contributed by atoms with E-state index < -0.39 is 33.7 Å². The maximum atomic E-state index is 13.3. The van der Waals surface area contributed by atoms with Crippen molar-refractivity contribution in [2.75, 3.05) is 11.9 Å². The van der Waals surface area contributed by atoms with Crippen molar-refractivity contribution in [3.63, 3.8) is 0 Å². The van der Waals surface area contributed by atoms with Gasteiger partial charge in [0.15, 0.2) is 0 Å². The number of hydrogen-bond donors (Lipinski definition) is 1. The molecule has 1 fully saturated rings. The Bertz CT molecular complexity index is 1330. The number of amides is 1. The van der Waals surface area contributed by atoms with Gasteiger partial charge in [0, 0.05) is 17.3 Å². The molecule has 0 bridgehead atoms. The zero-order valence-electron chi connectivity index (χ0n) is 18.0. The highest BCUT2D eigenvalue weighted by molar-refractivity contribution is 7.89. The smallest absolute Gasteiger partial charge is 0.243 e. The average molecular weight is 498 g/mol. The van der Waals surface area contributed by atoms with E-state index in [1.165, 1.54) is 48.5 Å². The minimum atomic E-state index is -4.05. The van der Waals surface area contributed by atoms with Crippen LogP contribution >= 0.6 is 11.6 Å². The van der Waals surface area contributed by atoms with Crippen LogP contribution in [0.2, 0.25) is 5.02 Å². The molecular formula is C25H21ClFN3O3S. The molecule has 0 unspecified atom stereocenters. The van der Waals surface area contributed by atoms with Crippen LogP contribution in [-0.4, -0.2) is 25.2 Å². The van der Waals surface area contributed by atoms with E-state index in [1.807, 2.05) is 0 Å². The summed E-state index contributed by atoms with van der Waals surface area (Å²) in [6, 6.07) is 20.4. The summed E-state index contributed by atoms with van der Waals surface area (Å²) in [4.78, 5) is 12.8. The topological polar surface area (TPSA) is 90.3 Å². The number of nitriles is 1. The fourth-order valence-corrected chi connectivity index (χ4v) is 5.11. The lowest BCUT2D eigenvalue weighted by molar-refractivity contribution is -0.116. The lowest BCUT2D eigenvalue weighted by atomic mass is 9.98. The molecule has 0 aliphatic heterocycles. The molecule has 0 radical (unpaired) electrons. The molecule has 1 saturated carbocycles. The number of nitrogens with one attached hydrogen (secondary N) is 1. The van der Waals surface area contributed by atoms with Crippen LogP contribution in [0.4, 0.5) is 10.1 Å². The first-order valence-electron chi connectivity index (χ1n) is 10.5. The molecule has 0 saturated heterocycles. The third-order valence-electron chi connectivity index (χ3n) is 5.73. The number of hydrogen-bond acceptors (Lipinski definition) is 4. The number of sulfonamides is 1. The first-order valence-corrected chi connectivity index (χ1v) is 12.4. The Kier molecular flexibility index (Phi) is 6.71. The van der Waals surface area contributed by atoms with E-state index in [0.717, 1.165) is 22.7 Å². The number of carbonyl (C=O) groups is 1. The Balaban J connectivity index is 1.53. The van der Waals surface area contributed by atoms with E-state index in [-0.39, 0.29) is 11.4 Å². The SMILES string of the molecule is N#CC1(c2ccc(NC(=O)CN(Cc3ccc(F)cc3)S(=O)(=O)c3ccc(Cl)cc3)cc2)CC1. The van der Waals surface area contributed by atoms with Gasteiger partial charge >= 0.3 is 0 Å². The summed E-state index contributed by atoms with van der Waals surface area (Å²) in [6.07, 6.45) is 1.63. The van der Waals surface area contributed by atoms with Gasteiger partial charge in [0.1, 0.15) is 5.82 Å². The lowest BCUT2D eigenvalue weighted by Gasteiger charge is -2.22. The quantitative estimate of drug-likeness (QED) is 0.481. The molecule has 0 aromatic heterocycles. The van der Waals surface area contributed by atoms with E-state index >= 15 is 0 Å². The molecule has 9 heteroatoms. The average Bonchev–Trinajstić information content (AvgIpc) is 3.62. The monoisotopic (exact) mass is 497 g/mol.